The van der Waals surface area contributed by atoms with Crippen LogP contribution in [-0.4, -0.2) is 17.5 Å². The smallest absolute Gasteiger partial charge is 0.106 e. The zero-order valence-corrected chi connectivity index (χ0v) is 4.83. The van der Waals surface area contributed by atoms with E-state index in [9.17, 15) is 0 Å². The van der Waals surface area contributed by atoms with E-state index in [2.05, 4.69) is 9.98 Å². The van der Waals surface area contributed by atoms with Crippen molar-refractivity contribution in [3.8, 4) is 0 Å². The summed E-state index contributed by atoms with van der Waals surface area (Å²) in [5.41, 5.74) is 0.915. The molecule has 0 aliphatic carbocycles. The van der Waals surface area contributed by atoms with Crippen molar-refractivity contribution >= 4 is 12.6 Å². The number of H-pyrrole nitrogens is 1. The third-order valence-electron chi connectivity index (χ3n) is 0.910. The summed E-state index contributed by atoms with van der Waals surface area (Å²) in [6.07, 6.45) is 4.40. The van der Waals surface area contributed by atoms with Gasteiger partial charge >= 0.3 is 0 Å². The number of nitrogens with one attached hydrogen (secondary N) is 2. The highest BCUT2D eigenvalue weighted by molar-refractivity contribution is 5.83. The number of hydrogen-bond acceptors (Lipinski definition) is 1. The molecule has 0 aromatic carbocycles. The van der Waals surface area contributed by atoms with Crippen molar-refractivity contribution in [2.75, 3.05) is 0 Å². The molecule has 1 aromatic heterocycles. The standard InChI is InChI=1S/C6H7N3/c7-5-8-4-6-2-1-3-9-6/h1-5,7,9H. The monoisotopic (exact) mass is 121 g/mol. The maximum atomic E-state index is 6.57. The summed E-state index contributed by atoms with van der Waals surface area (Å²) in [6.45, 7) is 0. The summed E-state index contributed by atoms with van der Waals surface area (Å²) in [6, 6.07) is 3.76. The molecule has 0 aliphatic heterocycles. The Kier molecular flexibility index (Phi) is 1.80. The number of rotatable bonds is 2. The Hall–Kier alpha value is -1.38. The molecule has 46 valence electrons. The zero-order valence-electron chi connectivity index (χ0n) is 4.83. The molecule has 0 radical (unpaired) electrons. The molecule has 0 amide bonds. The molecular formula is C6H7N3. The number of aliphatic imine (C=N–C) groups is 1. The van der Waals surface area contributed by atoms with Crippen molar-refractivity contribution in [2.45, 2.75) is 0 Å². The lowest BCUT2D eigenvalue weighted by Crippen LogP contribution is -1.77. The van der Waals surface area contributed by atoms with Gasteiger partial charge in [-0.15, -0.1) is 0 Å². The van der Waals surface area contributed by atoms with Crippen LogP contribution in [0.2, 0.25) is 0 Å². The molecule has 0 unspecified atom stereocenters. The van der Waals surface area contributed by atoms with Crippen molar-refractivity contribution in [2.24, 2.45) is 4.99 Å². The minimum atomic E-state index is 0.915. The average molecular weight is 121 g/mol. The Morgan fingerprint density at radius 2 is 2.56 bits per heavy atom. The lowest BCUT2D eigenvalue weighted by molar-refractivity contribution is 1.38. The van der Waals surface area contributed by atoms with Gasteiger partial charge in [0.2, 0.25) is 0 Å². The van der Waals surface area contributed by atoms with E-state index < -0.39 is 0 Å². The van der Waals surface area contributed by atoms with Crippen LogP contribution in [0.15, 0.2) is 23.3 Å². The van der Waals surface area contributed by atoms with Gasteiger partial charge in [-0.2, -0.15) is 0 Å². The van der Waals surface area contributed by atoms with E-state index in [-0.39, 0.29) is 0 Å². The second kappa shape index (κ2) is 2.81. The molecule has 2 N–H and O–H groups in total. The second-order valence-electron chi connectivity index (χ2n) is 1.53. The van der Waals surface area contributed by atoms with Crippen LogP contribution in [0.3, 0.4) is 0 Å². The first-order valence-electron chi connectivity index (χ1n) is 2.59. The van der Waals surface area contributed by atoms with Gasteiger partial charge in [-0.05, 0) is 12.1 Å². The molecule has 0 saturated carbocycles. The first-order valence-corrected chi connectivity index (χ1v) is 2.59. The molecule has 1 rings (SSSR count). The molecule has 3 heteroatoms. The van der Waals surface area contributed by atoms with E-state index in [0.29, 0.717) is 0 Å². The molecule has 3 nitrogen and oxygen atoms in total. The van der Waals surface area contributed by atoms with Crippen molar-refractivity contribution in [3.63, 3.8) is 0 Å². The second-order valence-corrected chi connectivity index (χ2v) is 1.53. The quantitative estimate of drug-likeness (QED) is 0.434. The van der Waals surface area contributed by atoms with Crippen LogP contribution in [-0.2, 0) is 0 Å². The Balaban J connectivity index is 2.67. The van der Waals surface area contributed by atoms with Gasteiger partial charge in [-0.25, -0.2) is 4.99 Å². The average Bonchev–Trinajstić information content (AvgIpc) is 2.34. The van der Waals surface area contributed by atoms with Crippen molar-refractivity contribution in [3.05, 3.63) is 24.0 Å². The van der Waals surface area contributed by atoms with Gasteiger partial charge in [0.25, 0.3) is 0 Å². The zero-order chi connectivity index (χ0) is 6.53. The normalized spacial score (nSPS) is 10.2. The SMILES string of the molecule is N=CN=Cc1ccc[nH]1. The predicted molar refractivity (Wildman–Crippen MR) is 37.2 cm³/mol. The number of aromatic nitrogens is 1. The largest absolute Gasteiger partial charge is 0.360 e. The van der Waals surface area contributed by atoms with E-state index in [0.717, 1.165) is 12.0 Å². The van der Waals surface area contributed by atoms with E-state index in [1.165, 1.54) is 0 Å². The summed E-state index contributed by atoms with van der Waals surface area (Å²) >= 11 is 0. The van der Waals surface area contributed by atoms with E-state index >= 15 is 0 Å². The number of nitrogens with zero attached hydrogens (tertiary/aromatic N) is 1. The minimum Gasteiger partial charge on any atom is -0.360 e. The number of aromatic amines is 1. The molecule has 0 spiro atoms. The summed E-state index contributed by atoms with van der Waals surface area (Å²) < 4.78 is 0. The van der Waals surface area contributed by atoms with Crippen LogP contribution >= 0.6 is 0 Å². The molecule has 0 fully saturated rings. The topological polar surface area (TPSA) is 52.0 Å². The van der Waals surface area contributed by atoms with E-state index in [4.69, 9.17) is 5.41 Å². The van der Waals surface area contributed by atoms with Crippen LogP contribution in [0.1, 0.15) is 5.69 Å². The van der Waals surface area contributed by atoms with Crippen molar-refractivity contribution < 1.29 is 0 Å². The first kappa shape index (κ1) is 5.75. The molecule has 0 bridgehead atoms. The minimum absolute atomic E-state index is 0.915. The maximum absolute atomic E-state index is 6.57. The molecule has 0 atom stereocenters. The van der Waals surface area contributed by atoms with E-state index in [1.807, 2.05) is 18.3 Å². The summed E-state index contributed by atoms with van der Waals surface area (Å²) in [4.78, 5) is 6.52. The lowest BCUT2D eigenvalue weighted by Gasteiger charge is -1.77. The van der Waals surface area contributed by atoms with Crippen molar-refractivity contribution in [1.29, 1.82) is 5.41 Å². The van der Waals surface area contributed by atoms with Gasteiger partial charge in [0.1, 0.15) is 6.34 Å². The highest BCUT2D eigenvalue weighted by atomic mass is 14.8. The lowest BCUT2D eigenvalue weighted by atomic mass is 10.5. The third kappa shape index (κ3) is 1.53. The highest BCUT2D eigenvalue weighted by Gasteiger charge is 1.80. The van der Waals surface area contributed by atoms with Crippen LogP contribution in [0.25, 0.3) is 0 Å². The van der Waals surface area contributed by atoms with Crippen LogP contribution in [0, 0.1) is 5.41 Å². The van der Waals surface area contributed by atoms with Crippen LogP contribution in [0.4, 0.5) is 0 Å². The predicted octanol–water partition coefficient (Wildman–Crippen LogP) is 1.04. The fourth-order valence-corrected chi connectivity index (χ4v) is 0.542. The van der Waals surface area contributed by atoms with E-state index in [1.54, 1.807) is 6.21 Å². The van der Waals surface area contributed by atoms with Gasteiger partial charge in [0.05, 0.1) is 11.9 Å². The Labute approximate surface area is 53.0 Å². The molecule has 0 saturated heterocycles. The van der Waals surface area contributed by atoms with Gasteiger partial charge in [0.15, 0.2) is 0 Å². The fraction of sp³-hybridized carbons (Fsp3) is 0. The fourth-order valence-electron chi connectivity index (χ4n) is 0.542. The molecule has 1 aromatic rings. The Morgan fingerprint density at radius 3 is 3.11 bits per heavy atom. The van der Waals surface area contributed by atoms with Crippen LogP contribution < -0.4 is 0 Å². The van der Waals surface area contributed by atoms with Gasteiger partial charge < -0.3 is 4.98 Å². The van der Waals surface area contributed by atoms with Gasteiger partial charge in [-0.3, -0.25) is 5.41 Å². The number of hydrogen-bond donors (Lipinski definition) is 2. The Morgan fingerprint density at radius 1 is 1.67 bits per heavy atom. The first-order chi connectivity index (χ1) is 4.43. The summed E-state index contributed by atoms with van der Waals surface area (Å²) in [5.74, 6) is 0. The summed E-state index contributed by atoms with van der Waals surface area (Å²) in [5, 5.41) is 6.57. The molecule has 9 heavy (non-hydrogen) atoms. The van der Waals surface area contributed by atoms with Crippen molar-refractivity contribution in [1.82, 2.24) is 4.98 Å². The van der Waals surface area contributed by atoms with Gasteiger partial charge in [-0.1, -0.05) is 0 Å². The molecular weight excluding hydrogens is 114 g/mol. The third-order valence-corrected chi connectivity index (χ3v) is 0.910. The maximum Gasteiger partial charge on any atom is 0.106 e. The Bertz CT molecular complexity index is 198. The van der Waals surface area contributed by atoms with Crippen LogP contribution in [0.5, 0.6) is 0 Å². The highest BCUT2D eigenvalue weighted by Crippen LogP contribution is 1.87. The molecule has 1 heterocycles. The van der Waals surface area contributed by atoms with Gasteiger partial charge in [0, 0.05) is 6.20 Å². The molecule has 0 aliphatic rings. The summed E-state index contributed by atoms with van der Waals surface area (Å²) in [7, 11) is 0.